The highest BCUT2D eigenvalue weighted by Crippen LogP contribution is 2.50. The molecule has 2 aliphatic rings. The second-order valence-electron chi connectivity index (χ2n) is 6.41. The number of carbonyl (C=O) groups excluding carboxylic acids is 2. The van der Waals surface area contributed by atoms with Crippen LogP contribution in [0.4, 0.5) is 0 Å². The quantitative estimate of drug-likeness (QED) is 0.500. The molecule has 2 saturated heterocycles. The van der Waals surface area contributed by atoms with Crippen LogP contribution in [0.2, 0.25) is 0 Å². The van der Waals surface area contributed by atoms with Crippen molar-refractivity contribution < 1.29 is 29.4 Å². The Labute approximate surface area is 151 Å². The number of carbonyl (C=O) groups is 4. The summed E-state index contributed by atoms with van der Waals surface area (Å²) in [5, 5.41) is 23.9. The number of rotatable bonds is 5. The summed E-state index contributed by atoms with van der Waals surface area (Å²) in [4.78, 5) is 48.9. The number of β-lactam (4-membered cyclic amide) rings is 1. The first-order valence-electron chi connectivity index (χ1n) is 7.43. The number of hydrogen-bond acceptors (Lipinski definition) is 6. The van der Waals surface area contributed by atoms with Crippen LogP contribution in [0.5, 0.6) is 0 Å². The predicted octanol–water partition coefficient (Wildman–Crippen LogP) is 0.548. The van der Waals surface area contributed by atoms with E-state index in [1.165, 1.54) is 28.0 Å². The first kappa shape index (κ1) is 17.7. The number of amides is 2. The highest BCUT2D eigenvalue weighted by molar-refractivity contribution is 8.01. The van der Waals surface area contributed by atoms with Gasteiger partial charge in [0.05, 0.1) is 0 Å². The zero-order chi connectivity index (χ0) is 18.5. The summed E-state index contributed by atoms with van der Waals surface area (Å²) < 4.78 is -0.703. The van der Waals surface area contributed by atoms with Crippen LogP contribution >= 0.6 is 23.1 Å². The maximum Gasteiger partial charge on any atom is 0.327 e. The molecule has 0 radical (unpaired) electrons. The number of fused-ring (bicyclic) bond motifs is 1. The summed E-state index contributed by atoms with van der Waals surface area (Å²) in [6, 6.07) is -0.344. The van der Waals surface area contributed by atoms with Gasteiger partial charge in [0, 0.05) is 4.75 Å². The van der Waals surface area contributed by atoms with E-state index in [-0.39, 0.29) is 0 Å². The van der Waals surface area contributed by atoms with Crippen LogP contribution < -0.4 is 5.32 Å². The van der Waals surface area contributed by atoms with Gasteiger partial charge in [-0.2, -0.15) is 11.3 Å². The Morgan fingerprint density at radius 3 is 2.52 bits per heavy atom. The van der Waals surface area contributed by atoms with E-state index < -0.39 is 51.9 Å². The molecule has 1 aromatic heterocycles. The summed E-state index contributed by atoms with van der Waals surface area (Å²) in [6.07, 6.45) is 0. The fourth-order valence-corrected chi connectivity index (χ4v) is 5.54. The molecule has 2 aliphatic heterocycles. The first-order valence-corrected chi connectivity index (χ1v) is 9.25. The molecule has 3 heterocycles. The van der Waals surface area contributed by atoms with Gasteiger partial charge < -0.3 is 20.4 Å². The van der Waals surface area contributed by atoms with E-state index in [0.29, 0.717) is 5.56 Å². The Balaban J connectivity index is 1.77. The van der Waals surface area contributed by atoms with Crippen molar-refractivity contribution in [2.24, 2.45) is 0 Å². The van der Waals surface area contributed by atoms with Crippen molar-refractivity contribution in [2.45, 2.75) is 42.0 Å². The van der Waals surface area contributed by atoms with Crippen molar-refractivity contribution in [3.05, 3.63) is 22.4 Å². The van der Waals surface area contributed by atoms with Crippen LogP contribution in [0.1, 0.15) is 25.3 Å². The summed E-state index contributed by atoms with van der Waals surface area (Å²) in [6.45, 7) is 3.46. The average molecular weight is 384 g/mol. The second kappa shape index (κ2) is 6.03. The lowest BCUT2D eigenvalue weighted by Gasteiger charge is -2.43. The molecule has 0 spiro atoms. The molecule has 4 atom stereocenters. The monoisotopic (exact) mass is 384 g/mol. The van der Waals surface area contributed by atoms with Crippen LogP contribution in [-0.2, 0) is 19.2 Å². The molecule has 3 N–H and O–H groups in total. The zero-order valence-corrected chi connectivity index (χ0v) is 15.0. The minimum Gasteiger partial charge on any atom is -0.480 e. The molecular formula is C15H16N2O6S2. The van der Waals surface area contributed by atoms with E-state index in [0.717, 1.165) is 0 Å². The highest BCUT2D eigenvalue weighted by atomic mass is 32.2. The third kappa shape index (κ3) is 2.78. The lowest BCUT2D eigenvalue weighted by molar-refractivity contribution is -0.161. The van der Waals surface area contributed by atoms with Gasteiger partial charge in [-0.3, -0.25) is 14.4 Å². The number of nitrogens with one attached hydrogen (secondary N) is 1. The molecule has 0 bridgehead atoms. The lowest BCUT2D eigenvalue weighted by Crippen LogP contribution is -2.71. The average Bonchev–Trinajstić information content (AvgIpc) is 3.09. The summed E-state index contributed by atoms with van der Waals surface area (Å²) in [5.74, 6) is -5.08. The largest absolute Gasteiger partial charge is 0.480 e. The second-order valence-corrected chi connectivity index (χ2v) is 8.96. The minimum absolute atomic E-state index is 0.349. The van der Waals surface area contributed by atoms with Gasteiger partial charge in [0.25, 0.3) is 0 Å². The maximum absolute atomic E-state index is 12.4. The van der Waals surface area contributed by atoms with Gasteiger partial charge >= 0.3 is 11.9 Å². The van der Waals surface area contributed by atoms with Crippen molar-refractivity contribution in [2.75, 3.05) is 0 Å². The van der Waals surface area contributed by atoms with Crippen molar-refractivity contribution in [3.8, 4) is 0 Å². The standard InChI is InChI=1S/C15H16N2O6S2/c1-15(2)9(14(22)23)17-11(19)8(12(17)25-15)16-10(18)7(13(20)21)6-3-4-24-5-6/h3-5,7-9,12H,1-2H3,(H,16,18)(H,20,21)(H,22,23)/t7?,8?,9?,12-/m1/s1. The van der Waals surface area contributed by atoms with Gasteiger partial charge in [-0.25, -0.2) is 4.79 Å². The fraction of sp³-hybridized carbons (Fsp3) is 0.467. The Morgan fingerprint density at radius 1 is 1.32 bits per heavy atom. The van der Waals surface area contributed by atoms with Crippen molar-refractivity contribution in [3.63, 3.8) is 0 Å². The molecule has 1 aromatic rings. The Kier molecular flexibility index (Phi) is 4.28. The number of hydrogen-bond donors (Lipinski definition) is 3. The fourth-order valence-electron chi connectivity index (χ4n) is 3.23. The Hall–Kier alpha value is -2.07. The van der Waals surface area contributed by atoms with Crippen LogP contribution in [0.3, 0.4) is 0 Å². The van der Waals surface area contributed by atoms with E-state index in [9.17, 15) is 29.4 Å². The first-order chi connectivity index (χ1) is 11.6. The van der Waals surface area contributed by atoms with E-state index in [1.807, 2.05) is 0 Å². The molecule has 8 nitrogen and oxygen atoms in total. The van der Waals surface area contributed by atoms with E-state index >= 15 is 0 Å². The molecule has 0 aromatic carbocycles. The van der Waals surface area contributed by atoms with Gasteiger partial charge in [0.1, 0.15) is 17.5 Å². The topological polar surface area (TPSA) is 124 Å². The van der Waals surface area contributed by atoms with Crippen molar-refractivity contribution in [1.29, 1.82) is 0 Å². The van der Waals surface area contributed by atoms with E-state index in [4.69, 9.17) is 0 Å². The van der Waals surface area contributed by atoms with Gasteiger partial charge in [-0.1, -0.05) is 0 Å². The molecule has 3 unspecified atom stereocenters. The van der Waals surface area contributed by atoms with Crippen LogP contribution in [0, 0.1) is 0 Å². The molecule has 25 heavy (non-hydrogen) atoms. The van der Waals surface area contributed by atoms with Crippen molar-refractivity contribution >= 4 is 46.9 Å². The number of nitrogens with zero attached hydrogens (tertiary/aromatic N) is 1. The minimum atomic E-state index is -1.40. The SMILES string of the molecule is CC1(C)S[C@@H]2C(NC(=O)C(C(=O)O)c3ccsc3)C(=O)N2C1C(=O)O. The Morgan fingerprint density at radius 2 is 2.00 bits per heavy atom. The Bertz CT molecular complexity index is 747. The molecule has 2 amide bonds. The number of carboxylic acid groups (broad SMARTS) is 2. The van der Waals surface area contributed by atoms with E-state index in [1.54, 1.807) is 30.7 Å². The number of thioether (sulfide) groups is 1. The van der Waals surface area contributed by atoms with Crippen LogP contribution in [0.25, 0.3) is 0 Å². The third-order valence-corrected chi connectivity index (χ3v) is 6.63. The summed E-state index contributed by atoms with van der Waals surface area (Å²) in [7, 11) is 0. The predicted molar refractivity (Wildman–Crippen MR) is 90.4 cm³/mol. The van der Waals surface area contributed by atoms with Gasteiger partial charge in [0.2, 0.25) is 11.8 Å². The van der Waals surface area contributed by atoms with Crippen molar-refractivity contribution in [1.82, 2.24) is 10.2 Å². The maximum atomic E-state index is 12.4. The summed E-state index contributed by atoms with van der Waals surface area (Å²) in [5.41, 5.74) is 0.349. The number of aliphatic carboxylic acids is 2. The number of thiophene rings is 1. The molecule has 10 heteroatoms. The molecule has 2 fully saturated rings. The lowest BCUT2D eigenvalue weighted by atomic mass is 9.95. The molecular weight excluding hydrogens is 368 g/mol. The van der Waals surface area contributed by atoms with E-state index in [2.05, 4.69) is 5.32 Å². The zero-order valence-electron chi connectivity index (χ0n) is 13.3. The van der Waals surface area contributed by atoms with Crippen LogP contribution in [0.15, 0.2) is 16.8 Å². The smallest absolute Gasteiger partial charge is 0.327 e. The van der Waals surface area contributed by atoms with Gasteiger partial charge in [-0.15, -0.1) is 11.8 Å². The highest BCUT2D eigenvalue weighted by Gasteiger charge is 2.64. The van der Waals surface area contributed by atoms with Gasteiger partial charge in [0.15, 0.2) is 5.92 Å². The third-order valence-electron chi connectivity index (χ3n) is 4.36. The molecule has 134 valence electrons. The van der Waals surface area contributed by atoms with Gasteiger partial charge in [-0.05, 0) is 36.2 Å². The van der Waals surface area contributed by atoms with Crippen LogP contribution in [-0.4, -0.2) is 61.1 Å². The molecule has 3 rings (SSSR count). The summed E-state index contributed by atoms with van der Waals surface area (Å²) >= 11 is 2.56. The molecule has 0 saturated carbocycles. The molecule has 0 aliphatic carbocycles. The normalized spacial score (nSPS) is 28.0. The number of carboxylic acids is 2.